The van der Waals surface area contributed by atoms with Crippen LogP contribution in [0.25, 0.3) is 10.9 Å². The van der Waals surface area contributed by atoms with Crippen molar-refractivity contribution in [2.75, 3.05) is 26.8 Å². The van der Waals surface area contributed by atoms with Gasteiger partial charge in [-0.15, -0.1) is 0 Å². The molecular weight excluding hydrogens is 530 g/mol. The number of hydrogen-bond donors (Lipinski definition) is 1. The molecule has 1 aliphatic rings. The third-order valence-corrected chi connectivity index (χ3v) is 6.99. The van der Waals surface area contributed by atoms with Gasteiger partial charge in [0.15, 0.2) is 0 Å². The number of methoxy groups -OCH3 is 1. The monoisotopic (exact) mass is 563 g/mol. The van der Waals surface area contributed by atoms with E-state index in [4.69, 9.17) is 9.47 Å². The first kappa shape index (κ1) is 29.4. The molecule has 3 aromatic rings. The molecule has 2 heterocycles. The minimum Gasteiger partial charge on any atom is -0.490 e. The molecule has 0 atom stereocenters. The molecule has 11 heteroatoms. The van der Waals surface area contributed by atoms with E-state index in [0.29, 0.717) is 61.5 Å². The smallest absolute Gasteiger partial charge is 0.471 e. The van der Waals surface area contributed by atoms with Gasteiger partial charge in [-0.3, -0.25) is 9.59 Å². The molecule has 1 aliphatic heterocycles. The van der Waals surface area contributed by atoms with Crippen LogP contribution >= 0.6 is 0 Å². The number of carbonyl (C=O) groups is 2. The number of amides is 2. The van der Waals surface area contributed by atoms with Crippen molar-refractivity contribution in [2.45, 2.75) is 58.0 Å². The topological polar surface area (TPSA) is 72.8 Å². The second kappa shape index (κ2) is 12.3. The number of ether oxygens (including phenoxy) is 2. The van der Waals surface area contributed by atoms with E-state index in [1.165, 1.54) is 18.2 Å². The second-order valence-electron chi connectivity index (χ2n) is 10.1. The Kier molecular flexibility index (Phi) is 9.02. The first-order chi connectivity index (χ1) is 19.0. The number of halogens is 4. The number of hydrogen-bond acceptors (Lipinski definition) is 4. The fraction of sp³-hybridized carbons (Fsp3) is 0.448. The quantitative estimate of drug-likeness (QED) is 0.354. The Morgan fingerprint density at radius 3 is 2.50 bits per heavy atom. The average molecular weight is 564 g/mol. The second-order valence-corrected chi connectivity index (χ2v) is 10.1. The van der Waals surface area contributed by atoms with Crippen molar-refractivity contribution in [3.05, 3.63) is 65.1 Å². The fourth-order valence-electron chi connectivity index (χ4n) is 5.07. The van der Waals surface area contributed by atoms with Crippen molar-refractivity contribution >= 4 is 22.7 Å². The number of nitrogens with one attached hydrogen (secondary N) is 1. The van der Waals surface area contributed by atoms with Gasteiger partial charge < -0.3 is 24.3 Å². The SMILES string of the molecule is COCCn1cc(C(=O)N2CCC(c3cc(CNC(=O)C(F)(F)F)ccc3F)CC2)c2c(OC(C)C)cccc21. The van der Waals surface area contributed by atoms with Gasteiger partial charge in [0.2, 0.25) is 0 Å². The minimum absolute atomic E-state index is 0.0842. The van der Waals surface area contributed by atoms with E-state index in [1.54, 1.807) is 12.0 Å². The van der Waals surface area contributed by atoms with Crippen molar-refractivity contribution in [3.8, 4) is 5.75 Å². The lowest BCUT2D eigenvalue weighted by Gasteiger charge is -2.32. The molecule has 40 heavy (non-hydrogen) atoms. The van der Waals surface area contributed by atoms with Gasteiger partial charge in [0.05, 0.1) is 29.2 Å². The normalized spacial score (nSPS) is 14.7. The number of alkyl halides is 3. The zero-order valence-corrected chi connectivity index (χ0v) is 22.7. The molecule has 0 unspecified atom stereocenters. The highest BCUT2D eigenvalue weighted by molar-refractivity contribution is 6.09. The molecule has 1 fully saturated rings. The molecule has 1 saturated heterocycles. The number of benzene rings is 2. The van der Waals surface area contributed by atoms with E-state index in [2.05, 4.69) is 0 Å². The Morgan fingerprint density at radius 1 is 1.12 bits per heavy atom. The van der Waals surface area contributed by atoms with Crippen LogP contribution in [-0.2, 0) is 22.6 Å². The van der Waals surface area contributed by atoms with Gasteiger partial charge in [0, 0.05) is 39.5 Å². The van der Waals surface area contributed by atoms with E-state index in [1.807, 2.05) is 48.1 Å². The summed E-state index contributed by atoms with van der Waals surface area (Å²) in [4.78, 5) is 26.6. The predicted molar refractivity (Wildman–Crippen MR) is 142 cm³/mol. The molecule has 0 radical (unpaired) electrons. The highest BCUT2D eigenvalue weighted by Crippen LogP contribution is 2.35. The van der Waals surface area contributed by atoms with Crippen molar-refractivity contribution in [1.29, 1.82) is 0 Å². The van der Waals surface area contributed by atoms with Gasteiger partial charge in [0.25, 0.3) is 5.91 Å². The van der Waals surface area contributed by atoms with Crippen molar-refractivity contribution < 1.29 is 36.6 Å². The standard InChI is InChI=1S/C29H33F4N3O4/c1-18(2)40-25-6-4-5-24-26(25)22(17-36(24)13-14-39-3)27(37)35-11-9-20(10-12-35)21-15-19(7-8-23(21)30)16-34-28(38)29(31,32)33/h4-8,15,17-18,20H,9-14,16H2,1-3H3,(H,34,38). The lowest BCUT2D eigenvalue weighted by atomic mass is 9.88. The fourth-order valence-corrected chi connectivity index (χ4v) is 5.07. The zero-order chi connectivity index (χ0) is 29.0. The molecular formula is C29H33F4N3O4. The number of aromatic nitrogens is 1. The summed E-state index contributed by atoms with van der Waals surface area (Å²) < 4.78 is 65.5. The molecule has 2 aromatic carbocycles. The Balaban J connectivity index is 1.51. The van der Waals surface area contributed by atoms with Gasteiger partial charge in [-0.2, -0.15) is 13.2 Å². The van der Waals surface area contributed by atoms with Crippen LogP contribution in [0.1, 0.15) is 54.1 Å². The van der Waals surface area contributed by atoms with Crippen molar-refractivity contribution in [3.63, 3.8) is 0 Å². The largest absolute Gasteiger partial charge is 0.490 e. The van der Waals surface area contributed by atoms with Crippen LogP contribution in [0.2, 0.25) is 0 Å². The van der Waals surface area contributed by atoms with Crippen LogP contribution in [0, 0.1) is 5.82 Å². The highest BCUT2D eigenvalue weighted by atomic mass is 19.4. The first-order valence-electron chi connectivity index (χ1n) is 13.2. The molecule has 1 aromatic heterocycles. The van der Waals surface area contributed by atoms with Gasteiger partial charge in [-0.1, -0.05) is 18.2 Å². The average Bonchev–Trinajstić information content (AvgIpc) is 3.29. The number of carbonyl (C=O) groups excluding carboxylic acids is 2. The van der Waals surface area contributed by atoms with Crippen molar-refractivity contribution in [1.82, 2.24) is 14.8 Å². The Bertz CT molecular complexity index is 1360. The summed E-state index contributed by atoms with van der Waals surface area (Å²) in [7, 11) is 1.62. The summed E-state index contributed by atoms with van der Waals surface area (Å²) in [5.74, 6) is -2.25. The van der Waals surface area contributed by atoms with E-state index in [-0.39, 0.29) is 24.5 Å². The molecule has 0 bridgehead atoms. The Labute approximate surface area is 230 Å². The number of fused-ring (bicyclic) bond motifs is 1. The summed E-state index contributed by atoms with van der Waals surface area (Å²) in [5.41, 5.74) is 2.13. The molecule has 4 rings (SSSR count). The third kappa shape index (κ3) is 6.57. The number of nitrogens with zero attached hydrogens (tertiary/aromatic N) is 2. The van der Waals surface area contributed by atoms with E-state index < -0.39 is 17.9 Å². The molecule has 0 saturated carbocycles. The van der Waals surface area contributed by atoms with E-state index in [9.17, 15) is 27.2 Å². The van der Waals surface area contributed by atoms with Crippen LogP contribution in [0.3, 0.4) is 0 Å². The minimum atomic E-state index is -4.99. The number of piperidine rings is 1. The Hall–Kier alpha value is -3.60. The molecule has 0 spiro atoms. The summed E-state index contributed by atoms with van der Waals surface area (Å²) >= 11 is 0. The maximum absolute atomic E-state index is 14.7. The van der Waals surface area contributed by atoms with Crippen LogP contribution in [0.15, 0.2) is 42.6 Å². The van der Waals surface area contributed by atoms with Crippen LogP contribution in [-0.4, -0.2) is 60.4 Å². The molecule has 216 valence electrons. The van der Waals surface area contributed by atoms with Crippen LogP contribution in [0.4, 0.5) is 17.6 Å². The van der Waals surface area contributed by atoms with Crippen LogP contribution in [0.5, 0.6) is 5.75 Å². The van der Waals surface area contributed by atoms with Gasteiger partial charge in [-0.05, 0) is 61.9 Å². The maximum atomic E-state index is 14.7. The third-order valence-electron chi connectivity index (χ3n) is 6.99. The zero-order valence-electron chi connectivity index (χ0n) is 22.7. The number of rotatable bonds is 9. The first-order valence-corrected chi connectivity index (χ1v) is 13.2. The van der Waals surface area contributed by atoms with Gasteiger partial charge >= 0.3 is 12.1 Å². The number of likely N-dealkylation sites (tertiary alicyclic amines) is 1. The molecule has 2 amide bonds. The van der Waals surface area contributed by atoms with E-state index in [0.717, 1.165) is 10.9 Å². The summed E-state index contributed by atoms with van der Waals surface area (Å²) in [6, 6.07) is 9.72. The summed E-state index contributed by atoms with van der Waals surface area (Å²) in [6.07, 6.45) is -2.28. The van der Waals surface area contributed by atoms with Crippen LogP contribution < -0.4 is 10.1 Å². The lowest BCUT2D eigenvalue weighted by molar-refractivity contribution is -0.173. The van der Waals surface area contributed by atoms with Gasteiger partial charge in [-0.25, -0.2) is 4.39 Å². The van der Waals surface area contributed by atoms with Gasteiger partial charge in [0.1, 0.15) is 11.6 Å². The summed E-state index contributed by atoms with van der Waals surface area (Å²) in [6.45, 7) is 5.29. The Morgan fingerprint density at radius 2 is 1.85 bits per heavy atom. The van der Waals surface area contributed by atoms with E-state index >= 15 is 0 Å². The molecule has 0 aliphatic carbocycles. The highest BCUT2D eigenvalue weighted by Gasteiger charge is 2.38. The maximum Gasteiger partial charge on any atom is 0.471 e. The molecule has 1 N–H and O–H groups in total. The lowest BCUT2D eigenvalue weighted by Crippen LogP contribution is -2.38. The molecule has 7 nitrogen and oxygen atoms in total. The summed E-state index contributed by atoms with van der Waals surface area (Å²) in [5, 5.41) is 2.55. The van der Waals surface area contributed by atoms with Crippen molar-refractivity contribution in [2.24, 2.45) is 0 Å². The predicted octanol–water partition coefficient (Wildman–Crippen LogP) is 5.41.